The summed E-state index contributed by atoms with van der Waals surface area (Å²) in [5, 5.41) is 11.8. The third-order valence-electron chi connectivity index (χ3n) is 2.96. The molecule has 0 fully saturated rings. The zero-order chi connectivity index (χ0) is 15.6. The van der Waals surface area contributed by atoms with Crippen molar-refractivity contribution in [2.45, 2.75) is 20.8 Å². The van der Waals surface area contributed by atoms with E-state index in [2.05, 4.69) is 10.1 Å². The summed E-state index contributed by atoms with van der Waals surface area (Å²) >= 11 is 0. The van der Waals surface area contributed by atoms with Crippen molar-refractivity contribution in [1.29, 1.82) is 0 Å². The fourth-order valence-electron chi connectivity index (χ4n) is 2.04. The normalized spacial score (nSPS) is 11.5. The van der Waals surface area contributed by atoms with E-state index >= 15 is 0 Å². The Hall–Kier alpha value is -2.63. The highest BCUT2D eigenvalue weighted by Gasteiger charge is 2.16. The summed E-state index contributed by atoms with van der Waals surface area (Å²) in [5.74, 6) is -0.256. The molecule has 0 radical (unpaired) electrons. The molecule has 0 aliphatic rings. The van der Waals surface area contributed by atoms with Crippen LogP contribution in [-0.4, -0.2) is 16.0 Å². The lowest BCUT2D eigenvalue weighted by molar-refractivity contribution is 0.318. The van der Waals surface area contributed by atoms with Gasteiger partial charge in [-0.3, -0.25) is 4.98 Å². The number of ether oxygens (including phenoxy) is 1. The maximum atomic E-state index is 13.8. The highest BCUT2D eigenvalue weighted by molar-refractivity contribution is 6.00. The van der Waals surface area contributed by atoms with Crippen LogP contribution < -0.4 is 10.5 Å². The number of nitrogens with zero attached hydrogens (tertiary/aromatic N) is 2. The van der Waals surface area contributed by atoms with Gasteiger partial charge in [0.25, 0.3) is 0 Å². The van der Waals surface area contributed by atoms with Crippen molar-refractivity contribution < 1.29 is 14.3 Å². The van der Waals surface area contributed by atoms with E-state index in [-0.39, 0.29) is 11.6 Å². The molecule has 0 bridgehead atoms. The van der Waals surface area contributed by atoms with Crippen molar-refractivity contribution in [2.75, 3.05) is 0 Å². The average Bonchev–Trinajstić information content (AvgIpc) is 2.41. The SMILES string of the molecule is Cc1ccc(F)c(Oc2cc(C)nc(C)c2/C(N)=N/O)c1. The fourth-order valence-corrected chi connectivity index (χ4v) is 2.04. The molecule has 0 amide bonds. The summed E-state index contributed by atoms with van der Waals surface area (Å²) in [6.45, 7) is 5.32. The predicted octanol–water partition coefficient (Wildman–Crippen LogP) is 3.03. The topological polar surface area (TPSA) is 80.7 Å². The Kier molecular flexibility index (Phi) is 4.07. The number of oxime groups is 1. The van der Waals surface area contributed by atoms with Crippen LogP contribution in [0.5, 0.6) is 11.5 Å². The summed E-state index contributed by atoms with van der Waals surface area (Å²) in [6, 6.07) is 6.17. The Morgan fingerprint density at radius 3 is 2.62 bits per heavy atom. The number of rotatable bonds is 3. The fraction of sp³-hybridized carbons (Fsp3) is 0.200. The monoisotopic (exact) mass is 289 g/mol. The summed E-state index contributed by atoms with van der Waals surface area (Å²) in [7, 11) is 0. The lowest BCUT2D eigenvalue weighted by Crippen LogP contribution is -2.17. The van der Waals surface area contributed by atoms with Gasteiger partial charge in [-0.1, -0.05) is 11.2 Å². The molecule has 0 aliphatic carbocycles. The quantitative estimate of drug-likeness (QED) is 0.394. The Bertz CT molecular complexity index is 714. The molecule has 2 rings (SSSR count). The number of hydrogen-bond donors (Lipinski definition) is 2. The van der Waals surface area contributed by atoms with Gasteiger partial charge in [-0.25, -0.2) is 4.39 Å². The van der Waals surface area contributed by atoms with Crippen LogP contribution in [0.1, 0.15) is 22.5 Å². The second kappa shape index (κ2) is 5.78. The van der Waals surface area contributed by atoms with Crippen molar-refractivity contribution in [3.63, 3.8) is 0 Å². The molecule has 1 heterocycles. The summed E-state index contributed by atoms with van der Waals surface area (Å²) in [6.07, 6.45) is 0. The number of hydrogen-bond acceptors (Lipinski definition) is 4. The van der Waals surface area contributed by atoms with Crippen LogP contribution in [-0.2, 0) is 0 Å². The number of aryl methyl sites for hydroxylation is 3. The van der Waals surface area contributed by atoms with Crippen molar-refractivity contribution in [3.8, 4) is 11.5 Å². The molecule has 110 valence electrons. The molecule has 5 nitrogen and oxygen atoms in total. The van der Waals surface area contributed by atoms with E-state index < -0.39 is 5.82 Å². The zero-order valence-electron chi connectivity index (χ0n) is 12.0. The second-order valence-corrected chi connectivity index (χ2v) is 4.74. The first-order valence-corrected chi connectivity index (χ1v) is 6.32. The van der Waals surface area contributed by atoms with Gasteiger partial charge in [0.05, 0.1) is 11.3 Å². The van der Waals surface area contributed by atoms with Gasteiger partial charge in [-0.2, -0.15) is 0 Å². The van der Waals surface area contributed by atoms with E-state index in [1.54, 1.807) is 32.0 Å². The molecule has 0 saturated carbocycles. The number of nitrogens with two attached hydrogens (primary N) is 1. The van der Waals surface area contributed by atoms with E-state index in [1.165, 1.54) is 6.07 Å². The Morgan fingerprint density at radius 1 is 1.24 bits per heavy atom. The van der Waals surface area contributed by atoms with Crippen molar-refractivity contribution in [3.05, 3.63) is 52.6 Å². The molecule has 0 unspecified atom stereocenters. The Labute approximate surface area is 121 Å². The van der Waals surface area contributed by atoms with Gasteiger partial charge in [0.1, 0.15) is 5.75 Å². The molecule has 6 heteroatoms. The molecular weight excluding hydrogens is 273 g/mol. The second-order valence-electron chi connectivity index (χ2n) is 4.74. The van der Waals surface area contributed by atoms with Crippen molar-refractivity contribution in [1.82, 2.24) is 4.98 Å². The van der Waals surface area contributed by atoms with Crippen LogP contribution in [0, 0.1) is 26.6 Å². The van der Waals surface area contributed by atoms with Crippen LogP contribution in [0.2, 0.25) is 0 Å². The number of halogens is 1. The smallest absolute Gasteiger partial charge is 0.175 e. The minimum atomic E-state index is -0.488. The van der Waals surface area contributed by atoms with E-state index in [0.29, 0.717) is 22.7 Å². The van der Waals surface area contributed by atoms with Gasteiger partial charge in [-0.05, 0) is 38.5 Å². The first-order chi connectivity index (χ1) is 9.92. The van der Waals surface area contributed by atoms with Crippen molar-refractivity contribution in [2.24, 2.45) is 10.9 Å². The zero-order valence-corrected chi connectivity index (χ0v) is 12.0. The summed E-state index contributed by atoms with van der Waals surface area (Å²) in [4.78, 5) is 4.24. The van der Waals surface area contributed by atoms with Crippen molar-refractivity contribution >= 4 is 5.84 Å². The highest BCUT2D eigenvalue weighted by Crippen LogP contribution is 2.30. The van der Waals surface area contributed by atoms with Crippen LogP contribution >= 0.6 is 0 Å². The van der Waals surface area contributed by atoms with Crippen LogP contribution in [0.15, 0.2) is 29.4 Å². The predicted molar refractivity (Wildman–Crippen MR) is 77.4 cm³/mol. The van der Waals surface area contributed by atoms with Gasteiger partial charge in [0, 0.05) is 11.8 Å². The number of amidine groups is 1. The molecule has 2 aromatic rings. The molecule has 1 aromatic heterocycles. The van der Waals surface area contributed by atoms with Gasteiger partial charge < -0.3 is 15.7 Å². The third kappa shape index (κ3) is 3.10. The molecule has 0 atom stereocenters. The first kappa shape index (κ1) is 14.8. The first-order valence-electron chi connectivity index (χ1n) is 6.32. The van der Waals surface area contributed by atoms with E-state index in [1.807, 2.05) is 6.92 Å². The standard InChI is InChI=1S/C15H16FN3O2/c1-8-4-5-11(16)12(6-8)21-13-7-9(2)18-10(3)14(13)15(17)19-20/h4-7,20H,1-3H3,(H2,17,19). The highest BCUT2D eigenvalue weighted by atomic mass is 19.1. The molecule has 21 heavy (non-hydrogen) atoms. The minimum absolute atomic E-state index is 0.0759. The Balaban J connectivity index is 2.55. The van der Waals surface area contributed by atoms with Crippen LogP contribution in [0.25, 0.3) is 0 Å². The number of benzene rings is 1. The maximum Gasteiger partial charge on any atom is 0.175 e. The van der Waals surface area contributed by atoms with Crippen LogP contribution in [0.3, 0.4) is 0 Å². The van der Waals surface area contributed by atoms with E-state index in [0.717, 1.165) is 5.56 Å². The van der Waals surface area contributed by atoms with Gasteiger partial charge >= 0.3 is 0 Å². The largest absolute Gasteiger partial charge is 0.453 e. The summed E-state index contributed by atoms with van der Waals surface area (Å²) in [5.41, 5.74) is 8.07. The molecule has 0 saturated heterocycles. The van der Waals surface area contributed by atoms with Gasteiger partial charge in [0.15, 0.2) is 17.4 Å². The summed E-state index contributed by atoms with van der Waals surface area (Å²) < 4.78 is 19.4. The van der Waals surface area contributed by atoms with Gasteiger partial charge in [-0.15, -0.1) is 0 Å². The lowest BCUT2D eigenvalue weighted by Gasteiger charge is -2.14. The molecule has 0 spiro atoms. The molecular formula is C15H16FN3O2. The maximum absolute atomic E-state index is 13.8. The molecule has 0 aliphatic heterocycles. The van der Waals surface area contributed by atoms with E-state index in [9.17, 15) is 4.39 Å². The molecule has 1 aromatic carbocycles. The van der Waals surface area contributed by atoms with Crippen LogP contribution in [0.4, 0.5) is 4.39 Å². The minimum Gasteiger partial charge on any atom is -0.453 e. The Morgan fingerprint density at radius 2 is 1.95 bits per heavy atom. The number of pyridine rings is 1. The average molecular weight is 289 g/mol. The lowest BCUT2D eigenvalue weighted by atomic mass is 10.1. The number of aromatic nitrogens is 1. The van der Waals surface area contributed by atoms with Gasteiger partial charge in [0.2, 0.25) is 0 Å². The van der Waals surface area contributed by atoms with E-state index in [4.69, 9.17) is 15.7 Å². The molecule has 3 N–H and O–H groups in total. The third-order valence-corrected chi connectivity index (χ3v) is 2.96.